The lowest BCUT2D eigenvalue weighted by atomic mass is 10.2. The second kappa shape index (κ2) is 5.68. The van der Waals surface area contributed by atoms with E-state index >= 15 is 0 Å². The zero-order chi connectivity index (χ0) is 15.8. The van der Waals surface area contributed by atoms with Crippen LogP contribution in [0, 0.1) is 0 Å². The van der Waals surface area contributed by atoms with Crippen molar-refractivity contribution in [3.05, 3.63) is 42.0 Å². The van der Waals surface area contributed by atoms with Gasteiger partial charge in [-0.2, -0.15) is 0 Å². The van der Waals surface area contributed by atoms with Crippen LogP contribution in [-0.2, 0) is 11.3 Å². The fourth-order valence-electron chi connectivity index (χ4n) is 3.01. The van der Waals surface area contributed by atoms with Crippen LogP contribution in [0.5, 0.6) is 0 Å². The molecule has 23 heavy (non-hydrogen) atoms. The molecule has 1 heterocycles. The van der Waals surface area contributed by atoms with E-state index in [1.807, 2.05) is 35.2 Å². The van der Waals surface area contributed by atoms with Crippen LogP contribution in [0.25, 0.3) is 0 Å². The van der Waals surface area contributed by atoms with Crippen LogP contribution in [0.2, 0.25) is 0 Å². The number of carboxylic acids is 1. The molecule has 2 aliphatic rings. The average Bonchev–Trinajstić information content (AvgIpc) is 3.46. The van der Waals surface area contributed by atoms with Crippen molar-refractivity contribution in [1.29, 1.82) is 0 Å². The molecular weight excluding hydrogens is 292 g/mol. The van der Waals surface area contributed by atoms with E-state index in [0.717, 1.165) is 17.3 Å². The van der Waals surface area contributed by atoms with Crippen LogP contribution in [0.1, 0.15) is 49.3 Å². The van der Waals surface area contributed by atoms with Gasteiger partial charge >= 0.3 is 5.97 Å². The number of benzene rings is 1. The minimum atomic E-state index is -0.839. The summed E-state index contributed by atoms with van der Waals surface area (Å²) in [6.45, 7) is 0.437. The summed E-state index contributed by atoms with van der Waals surface area (Å²) in [5.41, 5.74) is 0.896. The Labute approximate surface area is 134 Å². The van der Waals surface area contributed by atoms with Crippen molar-refractivity contribution in [1.82, 2.24) is 14.8 Å². The maximum absolute atomic E-state index is 11.2. The largest absolute Gasteiger partial charge is 0.480 e. The van der Waals surface area contributed by atoms with Crippen LogP contribution in [-0.4, -0.2) is 32.4 Å². The number of carbonyl (C=O) groups is 1. The van der Waals surface area contributed by atoms with Crippen LogP contribution in [0.4, 0.5) is 5.69 Å². The lowest BCUT2D eigenvalue weighted by Gasteiger charge is -2.23. The van der Waals surface area contributed by atoms with Gasteiger partial charge in [0.05, 0.1) is 6.54 Å². The highest BCUT2D eigenvalue weighted by Gasteiger charge is 2.36. The van der Waals surface area contributed by atoms with E-state index in [0.29, 0.717) is 18.5 Å². The Morgan fingerprint density at radius 3 is 2.52 bits per heavy atom. The highest BCUT2D eigenvalue weighted by atomic mass is 16.4. The Morgan fingerprint density at radius 2 is 1.91 bits per heavy atom. The highest BCUT2D eigenvalue weighted by Crippen LogP contribution is 2.44. The fourth-order valence-corrected chi connectivity index (χ4v) is 3.01. The van der Waals surface area contributed by atoms with E-state index in [9.17, 15) is 9.90 Å². The van der Waals surface area contributed by atoms with Gasteiger partial charge in [-0.25, -0.2) is 0 Å². The van der Waals surface area contributed by atoms with Crippen LogP contribution in [0.3, 0.4) is 0 Å². The molecule has 0 amide bonds. The lowest BCUT2D eigenvalue weighted by Crippen LogP contribution is -2.30. The Hall–Kier alpha value is -2.37. The summed E-state index contributed by atoms with van der Waals surface area (Å²) in [6, 6.07) is 10.2. The summed E-state index contributed by atoms with van der Waals surface area (Å²) in [5.74, 6) is 1.71. The number of anilines is 1. The van der Waals surface area contributed by atoms with Crippen molar-refractivity contribution in [2.24, 2.45) is 0 Å². The number of aliphatic carboxylic acids is 1. The molecule has 0 saturated heterocycles. The summed E-state index contributed by atoms with van der Waals surface area (Å²) in [4.78, 5) is 13.1. The van der Waals surface area contributed by atoms with Gasteiger partial charge in [-0.05, 0) is 37.8 Å². The van der Waals surface area contributed by atoms with Gasteiger partial charge in [0.2, 0.25) is 0 Å². The van der Waals surface area contributed by atoms with Crippen molar-refractivity contribution < 1.29 is 9.90 Å². The molecule has 2 saturated carbocycles. The number of hydrogen-bond donors (Lipinski definition) is 1. The first-order chi connectivity index (χ1) is 11.2. The molecule has 0 atom stereocenters. The highest BCUT2D eigenvalue weighted by molar-refractivity contribution is 5.73. The number of aromatic nitrogens is 3. The second-order valence-corrected chi connectivity index (χ2v) is 6.44. The summed E-state index contributed by atoms with van der Waals surface area (Å²) in [7, 11) is 0. The number of rotatable bonds is 7. The third-order valence-electron chi connectivity index (χ3n) is 4.43. The van der Waals surface area contributed by atoms with Crippen molar-refractivity contribution in [3.63, 3.8) is 0 Å². The smallest absolute Gasteiger partial charge is 0.323 e. The molecule has 1 aromatic heterocycles. The third-order valence-corrected chi connectivity index (χ3v) is 4.43. The van der Waals surface area contributed by atoms with Crippen molar-refractivity contribution in [2.45, 2.75) is 44.2 Å². The predicted molar refractivity (Wildman–Crippen MR) is 85.4 cm³/mol. The Balaban J connectivity index is 1.62. The molecule has 2 fully saturated rings. The second-order valence-electron chi connectivity index (χ2n) is 6.44. The molecule has 6 heteroatoms. The van der Waals surface area contributed by atoms with E-state index in [1.54, 1.807) is 0 Å². The number of nitrogens with zero attached hydrogens (tertiary/aromatic N) is 4. The van der Waals surface area contributed by atoms with E-state index in [1.165, 1.54) is 25.7 Å². The van der Waals surface area contributed by atoms with Gasteiger partial charge in [0, 0.05) is 17.6 Å². The Bertz CT molecular complexity index is 705. The van der Waals surface area contributed by atoms with Crippen LogP contribution >= 0.6 is 0 Å². The molecule has 6 nitrogen and oxygen atoms in total. The zero-order valence-electron chi connectivity index (χ0n) is 12.9. The third kappa shape index (κ3) is 3.06. The summed E-state index contributed by atoms with van der Waals surface area (Å²) in [6.07, 6.45) is 4.74. The van der Waals surface area contributed by atoms with Gasteiger partial charge in [0.25, 0.3) is 0 Å². The lowest BCUT2D eigenvalue weighted by molar-refractivity contribution is -0.135. The van der Waals surface area contributed by atoms with E-state index in [-0.39, 0.29) is 6.54 Å². The minimum absolute atomic E-state index is 0.0414. The van der Waals surface area contributed by atoms with Crippen molar-refractivity contribution >= 4 is 11.7 Å². The Kier molecular flexibility index (Phi) is 3.52. The molecule has 0 aliphatic heterocycles. The molecule has 1 aromatic carbocycles. The monoisotopic (exact) mass is 312 g/mol. The van der Waals surface area contributed by atoms with E-state index in [4.69, 9.17) is 0 Å². The molecular formula is C17H20N4O2. The normalized spacial score (nSPS) is 17.2. The molecule has 120 valence electrons. The van der Waals surface area contributed by atoms with E-state index in [2.05, 4.69) is 14.8 Å². The quantitative estimate of drug-likeness (QED) is 0.851. The molecule has 0 spiro atoms. The molecule has 4 rings (SSSR count). The van der Waals surface area contributed by atoms with Gasteiger partial charge in [-0.1, -0.05) is 18.2 Å². The molecule has 0 bridgehead atoms. The number of hydrogen-bond acceptors (Lipinski definition) is 4. The summed E-state index contributed by atoms with van der Waals surface area (Å²) >= 11 is 0. The van der Waals surface area contributed by atoms with Crippen molar-refractivity contribution in [3.8, 4) is 0 Å². The Morgan fingerprint density at radius 1 is 1.17 bits per heavy atom. The van der Waals surface area contributed by atoms with Crippen molar-refractivity contribution in [2.75, 3.05) is 11.4 Å². The summed E-state index contributed by atoms with van der Waals surface area (Å²) in [5, 5.41) is 18.0. The standard InChI is InChI=1S/C17H20N4O2/c22-16(23)11-20(13-4-2-1-3-5-13)10-15-18-19-17(12-6-7-12)21(15)14-8-9-14/h1-5,12,14H,6-11H2,(H,22,23). The first-order valence-corrected chi connectivity index (χ1v) is 8.18. The molecule has 1 N–H and O–H groups in total. The summed E-state index contributed by atoms with van der Waals surface area (Å²) < 4.78 is 2.27. The van der Waals surface area contributed by atoms with Crippen LogP contribution < -0.4 is 4.90 Å². The fraction of sp³-hybridized carbons (Fsp3) is 0.471. The maximum atomic E-state index is 11.2. The first-order valence-electron chi connectivity index (χ1n) is 8.18. The zero-order valence-corrected chi connectivity index (χ0v) is 12.9. The average molecular weight is 312 g/mol. The topological polar surface area (TPSA) is 71.2 Å². The van der Waals surface area contributed by atoms with E-state index < -0.39 is 5.97 Å². The molecule has 0 radical (unpaired) electrons. The van der Waals surface area contributed by atoms with Gasteiger partial charge < -0.3 is 14.6 Å². The number of carboxylic acid groups (broad SMARTS) is 1. The molecule has 2 aromatic rings. The van der Waals surface area contributed by atoms with Gasteiger partial charge in [0.1, 0.15) is 12.4 Å². The molecule has 0 unspecified atom stereocenters. The predicted octanol–water partition coefficient (Wildman–Crippen LogP) is 2.58. The van der Waals surface area contributed by atoms with Gasteiger partial charge in [-0.15, -0.1) is 10.2 Å². The maximum Gasteiger partial charge on any atom is 0.323 e. The first kappa shape index (κ1) is 14.2. The minimum Gasteiger partial charge on any atom is -0.480 e. The SMILES string of the molecule is O=C(O)CN(Cc1nnc(C2CC2)n1C1CC1)c1ccccc1. The van der Waals surface area contributed by atoms with Crippen LogP contribution in [0.15, 0.2) is 30.3 Å². The van der Waals surface area contributed by atoms with Gasteiger partial charge in [-0.3, -0.25) is 4.79 Å². The number of para-hydroxylation sites is 1. The van der Waals surface area contributed by atoms with Gasteiger partial charge in [0.15, 0.2) is 5.82 Å². The molecule has 2 aliphatic carbocycles.